The lowest BCUT2D eigenvalue weighted by atomic mass is 10.1. The molecule has 3 heterocycles. The third kappa shape index (κ3) is 5.29. The number of hydrogen-bond acceptors (Lipinski definition) is 6. The number of ether oxygens (including phenoxy) is 3. The van der Waals surface area contributed by atoms with Gasteiger partial charge in [-0.1, -0.05) is 12.1 Å². The number of benzene rings is 2. The van der Waals surface area contributed by atoms with Gasteiger partial charge in [-0.05, 0) is 62.1 Å². The fourth-order valence-corrected chi connectivity index (χ4v) is 4.49. The second-order valence-electron chi connectivity index (χ2n) is 8.82. The van der Waals surface area contributed by atoms with Crippen molar-refractivity contribution in [2.45, 2.75) is 44.4 Å². The molecule has 8 nitrogen and oxygen atoms in total. The standard InChI is InChI=1S/C26H29N3O5/c30-25-22-7-1-2-8-23(22)27-24(28-25)16-29(15-20-5-3-13-32-20)26(31)18-9-11-19(12-10-18)34-17-21-6-4-14-33-21/h1-2,7-12,20-21H,3-6,13-17H2,(H,27,28,30)/t20-,21-/m1/s1. The minimum absolute atomic E-state index is 0.0230. The molecule has 0 bridgehead atoms. The fraction of sp³-hybridized carbons (Fsp3) is 0.423. The van der Waals surface area contributed by atoms with Crippen molar-refractivity contribution in [3.63, 3.8) is 0 Å². The van der Waals surface area contributed by atoms with Crippen LogP contribution in [-0.4, -0.2) is 59.3 Å². The highest BCUT2D eigenvalue weighted by atomic mass is 16.5. The van der Waals surface area contributed by atoms with Gasteiger partial charge in [-0.2, -0.15) is 0 Å². The molecular formula is C26H29N3O5. The summed E-state index contributed by atoms with van der Waals surface area (Å²) in [6, 6.07) is 14.3. The smallest absolute Gasteiger partial charge is 0.258 e. The number of para-hydroxylation sites is 1. The summed E-state index contributed by atoms with van der Waals surface area (Å²) in [5.74, 6) is 1.02. The molecule has 1 amide bonds. The van der Waals surface area contributed by atoms with Gasteiger partial charge >= 0.3 is 0 Å². The zero-order valence-corrected chi connectivity index (χ0v) is 19.1. The van der Waals surface area contributed by atoms with Crippen molar-refractivity contribution in [1.82, 2.24) is 14.9 Å². The van der Waals surface area contributed by atoms with E-state index in [1.165, 1.54) is 0 Å². The minimum atomic E-state index is -0.210. The number of carbonyl (C=O) groups excluding carboxylic acids is 1. The van der Waals surface area contributed by atoms with E-state index in [4.69, 9.17) is 14.2 Å². The maximum atomic E-state index is 13.5. The number of fused-ring (bicyclic) bond motifs is 1. The topological polar surface area (TPSA) is 93.8 Å². The van der Waals surface area contributed by atoms with Crippen molar-refractivity contribution in [2.24, 2.45) is 0 Å². The molecular weight excluding hydrogens is 434 g/mol. The van der Waals surface area contributed by atoms with Crippen LogP contribution in [0.3, 0.4) is 0 Å². The monoisotopic (exact) mass is 463 g/mol. The summed E-state index contributed by atoms with van der Waals surface area (Å²) in [6.45, 7) is 2.63. The maximum absolute atomic E-state index is 13.5. The molecule has 2 aromatic carbocycles. The van der Waals surface area contributed by atoms with Gasteiger partial charge in [-0.25, -0.2) is 4.98 Å². The Kier molecular flexibility index (Phi) is 6.87. The molecule has 5 rings (SSSR count). The average molecular weight is 464 g/mol. The van der Waals surface area contributed by atoms with E-state index in [2.05, 4.69) is 9.97 Å². The van der Waals surface area contributed by atoms with E-state index in [0.29, 0.717) is 47.8 Å². The van der Waals surface area contributed by atoms with Crippen molar-refractivity contribution in [3.8, 4) is 5.75 Å². The highest BCUT2D eigenvalue weighted by molar-refractivity contribution is 5.94. The third-order valence-corrected chi connectivity index (χ3v) is 6.30. The Balaban J connectivity index is 1.32. The minimum Gasteiger partial charge on any atom is -0.491 e. The van der Waals surface area contributed by atoms with Gasteiger partial charge in [0, 0.05) is 25.3 Å². The van der Waals surface area contributed by atoms with Crippen LogP contribution in [0, 0.1) is 0 Å². The SMILES string of the molecule is O=C(c1ccc(OC[C@H]2CCCO2)cc1)N(Cc1nc2ccccc2c(=O)[nH]1)C[C@H]1CCCO1. The second kappa shape index (κ2) is 10.4. The average Bonchev–Trinajstić information content (AvgIpc) is 3.57. The van der Waals surface area contributed by atoms with Gasteiger partial charge in [0.1, 0.15) is 18.2 Å². The van der Waals surface area contributed by atoms with Crippen molar-refractivity contribution in [2.75, 3.05) is 26.4 Å². The zero-order valence-electron chi connectivity index (χ0n) is 19.1. The summed E-state index contributed by atoms with van der Waals surface area (Å²) in [5, 5.41) is 0.529. The Bertz CT molecular complexity index is 1180. The van der Waals surface area contributed by atoms with E-state index < -0.39 is 0 Å². The van der Waals surface area contributed by atoms with Gasteiger partial charge in [-0.3, -0.25) is 9.59 Å². The largest absolute Gasteiger partial charge is 0.491 e. The molecule has 178 valence electrons. The third-order valence-electron chi connectivity index (χ3n) is 6.30. The van der Waals surface area contributed by atoms with Gasteiger partial charge in [0.25, 0.3) is 11.5 Å². The molecule has 1 N–H and O–H groups in total. The normalized spacial score (nSPS) is 20.0. The van der Waals surface area contributed by atoms with Crippen LogP contribution in [-0.2, 0) is 16.0 Å². The molecule has 2 aliphatic rings. The summed E-state index contributed by atoms with van der Waals surface area (Å²) in [7, 11) is 0. The maximum Gasteiger partial charge on any atom is 0.258 e. The van der Waals surface area contributed by atoms with Crippen LogP contribution in [0.2, 0.25) is 0 Å². The van der Waals surface area contributed by atoms with Crippen LogP contribution >= 0.6 is 0 Å². The van der Waals surface area contributed by atoms with E-state index in [1.54, 1.807) is 35.2 Å². The Hall–Kier alpha value is -3.23. The molecule has 2 atom stereocenters. The predicted molar refractivity (Wildman–Crippen MR) is 127 cm³/mol. The lowest BCUT2D eigenvalue weighted by molar-refractivity contribution is 0.0501. The Morgan fingerprint density at radius 2 is 1.76 bits per heavy atom. The number of rotatable bonds is 8. The Morgan fingerprint density at radius 1 is 1.03 bits per heavy atom. The molecule has 2 saturated heterocycles. The first-order chi connectivity index (χ1) is 16.7. The number of carbonyl (C=O) groups is 1. The lowest BCUT2D eigenvalue weighted by Gasteiger charge is -2.25. The van der Waals surface area contributed by atoms with E-state index in [9.17, 15) is 9.59 Å². The van der Waals surface area contributed by atoms with Crippen molar-refractivity contribution in [1.29, 1.82) is 0 Å². The van der Waals surface area contributed by atoms with Crippen molar-refractivity contribution >= 4 is 16.8 Å². The summed E-state index contributed by atoms with van der Waals surface area (Å²) >= 11 is 0. The summed E-state index contributed by atoms with van der Waals surface area (Å²) in [5.41, 5.74) is 0.946. The summed E-state index contributed by atoms with van der Waals surface area (Å²) < 4.78 is 17.2. The second-order valence-corrected chi connectivity index (χ2v) is 8.82. The molecule has 2 aliphatic heterocycles. The van der Waals surface area contributed by atoms with Crippen molar-refractivity contribution in [3.05, 3.63) is 70.3 Å². The van der Waals surface area contributed by atoms with Crippen LogP contribution < -0.4 is 10.3 Å². The van der Waals surface area contributed by atoms with Crippen LogP contribution in [0.15, 0.2) is 53.3 Å². The number of aromatic nitrogens is 2. The Labute approximate surface area is 197 Å². The van der Waals surface area contributed by atoms with Crippen molar-refractivity contribution < 1.29 is 19.0 Å². The van der Waals surface area contributed by atoms with Gasteiger partial charge in [0.05, 0.1) is 29.7 Å². The molecule has 3 aromatic rings. The van der Waals surface area contributed by atoms with Gasteiger partial charge in [0.15, 0.2) is 0 Å². The highest BCUT2D eigenvalue weighted by Gasteiger charge is 2.25. The number of nitrogens with zero attached hydrogens (tertiary/aromatic N) is 2. The number of amides is 1. The van der Waals surface area contributed by atoms with Crippen LogP contribution in [0.4, 0.5) is 0 Å². The van der Waals surface area contributed by atoms with Crippen LogP contribution in [0.1, 0.15) is 41.9 Å². The first-order valence-electron chi connectivity index (χ1n) is 11.9. The molecule has 0 unspecified atom stereocenters. The number of H-pyrrole nitrogens is 1. The molecule has 8 heteroatoms. The number of aromatic amines is 1. The molecule has 0 spiro atoms. The van der Waals surface area contributed by atoms with E-state index >= 15 is 0 Å². The lowest BCUT2D eigenvalue weighted by Crippen LogP contribution is -2.37. The fourth-order valence-electron chi connectivity index (χ4n) is 4.49. The first kappa shape index (κ1) is 22.6. The first-order valence-corrected chi connectivity index (χ1v) is 11.9. The van der Waals surface area contributed by atoms with Crippen LogP contribution in [0.5, 0.6) is 5.75 Å². The van der Waals surface area contributed by atoms with Gasteiger partial charge < -0.3 is 24.1 Å². The van der Waals surface area contributed by atoms with Crippen LogP contribution in [0.25, 0.3) is 10.9 Å². The molecule has 2 fully saturated rings. The summed E-state index contributed by atoms with van der Waals surface area (Å²) in [6.07, 6.45) is 4.08. The van der Waals surface area contributed by atoms with Gasteiger partial charge in [0.2, 0.25) is 0 Å². The Morgan fingerprint density at radius 3 is 2.50 bits per heavy atom. The quantitative estimate of drug-likeness (QED) is 0.551. The summed E-state index contributed by atoms with van der Waals surface area (Å²) in [4.78, 5) is 35.1. The number of hydrogen-bond donors (Lipinski definition) is 1. The molecule has 1 aromatic heterocycles. The molecule has 0 radical (unpaired) electrons. The molecule has 0 saturated carbocycles. The van der Waals surface area contributed by atoms with E-state index in [1.807, 2.05) is 18.2 Å². The predicted octanol–water partition coefficient (Wildman–Crippen LogP) is 3.30. The molecule has 34 heavy (non-hydrogen) atoms. The number of nitrogens with one attached hydrogen (secondary N) is 1. The van der Waals surface area contributed by atoms with E-state index in [-0.39, 0.29) is 30.2 Å². The highest BCUT2D eigenvalue weighted by Crippen LogP contribution is 2.20. The van der Waals surface area contributed by atoms with E-state index in [0.717, 1.165) is 32.3 Å². The van der Waals surface area contributed by atoms with Gasteiger partial charge in [-0.15, -0.1) is 0 Å². The zero-order chi connectivity index (χ0) is 23.3. The molecule has 0 aliphatic carbocycles.